The Morgan fingerprint density at radius 3 is 2.36 bits per heavy atom. The van der Waals surface area contributed by atoms with Crippen LogP contribution in [0.4, 0.5) is 5.69 Å². The highest BCUT2D eigenvalue weighted by atomic mass is 35.5. The summed E-state index contributed by atoms with van der Waals surface area (Å²) >= 11 is 6.62. The van der Waals surface area contributed by atoms with E-state index in [1.54, 1.807) is 19.2 Å². The van der Waals surface area contributed by atoms with Gasteiger partial charge in [-0.15, -0.1) is 0 Å². The van der Waals surface area contributed by atoms with Gasteiger partial charge in [-0.2, -0.15) is 5.26 Å². The SMILES string of the molecule is COc1cc(/C=C(\C#N)C(=O)Nc2cc(C)ccc2C)cc(Cl)c1Cc1cc(C)cc(C)c1. The zero-order valence-corrected chi connectivity index (χ0v) is 20.3. The topological polar surface area (TPSA) is 62.1 Å². The average Bonchev–Trinajstić information content (AvgIpc) is 2.75. The van der Waals surface area contributed by atoms with Gasteiger partial charge >= 0.3 is 0 Å². The van der Waals surface area contributed by atoms with Gasteiger partial charge in [-0.25, -0.2) is 0 Å². The molecular weight excluding hydrogens is 432 g/mol. The van der Waals surface area contributed by atoms with Crippen molar-refractivity contribution >= 4 is 29.3 Å². The fraction of sp³-hybridized carbons (Fsp3) is 0.214. The molecule has 33 heavy (non-hydrogen) atoms. The van der Waals surface area contributed by atoms with E-state index in [0.717, 1.165) is 22.3 Å². The third-order valence-electron chi connectivity index (χ3n) is 5.38. The van der Waals surface area contributed by atoms with Crippen LogP contribution >= 0.6 is 11.6 Å². The third-order valence-corrected chi connectivity index (χ3v) is 5.71. The molecular formula is C28H27ClN2O2. The number of carbonyl (C=O) groups is 1. The lowest BCUT2D eigenvalue weighted by Gasteiger charge is -2.13. The maximum atomic E-state index is 12.8. The lowest BCUT2D eigenvalue weighted by molar-refractivity contribution is -0.112. The number of nitriles is 1. The molecule has 3 aromatic carbocycles. The summed E-state index contributed by atoms with van der Waals surface area (Å²) in [7, 11) is 1.59. The molecule has 5 heteroatoms. The first-order valence-electron chi connectivity index (χ1n) is 10.6. The van der Waals surface area contributed by atoms with Crippen molar-refractivity contribution in [2.24, 2.45) is 0 Å². The molecule has 0 saturated heterocycles. The molecule has 0 fully saturated rings. The van der Waals surface area contributed by atoms with Crippen LogP contribution in [-0.4, -0.2) is 13.0 Å². The van der Waals surface area contributed by atoms with Gasteiger partial charge in [-0.05, 0) is 74.2 Å². The number of rotatable bonds is 6. The summed E-state index contributed by atoms with van der Waals surface area (Å²) in [5.41, 5.74) is 7.61. The lowest BCUT2D eigenvalue weighted by Crippen LogP contribution is -2.14. The molecule has 3 rings (SSSR count). The Bertz CT molecular complexity index is 1270. The number of methoxy groups -OCH3 is 1. The van der Waals surface area contributed by atoms with Crippen LogP contribution in [0.15, 0.2) is 54.1 Å². The normalized spacial score (nSPS) is 11.1. The molecule has 0 atom stereocenters. The van der Waals surface area contributed by atoms with Gasteiger partial charge in [0.05, 0.1) is 7.11 Å². The Labute approximate surface area is 200 Å². The van der Waals surface area contributed by atoms with Gasteiger partial charge in [-0.3, -0.25) is 4.79 Å². The van der Waals surface area contributed by atoms with Gasteiger partial charge in [0.2, 0.25) is 0 Å². The molecule has 0 heterocycles. The number of nitrogens with zero attached hydrogens (tertiary/aromatic N) is 1. The van der Waals surface area contributed by atoms with E-state index in [-0.39, 0.29) is 5.57 Å². The van der Waals surface area contributed by atoms with Crippen LogP contribution in [0.1, 0.15) is 38.9 Å². The number of aryl methyl sites for hydroxylation is 4. The molecule has 1 amide bonds. The van der Waals surface area contributed by atoms with Crippen molar-refractivity contribution < 1.29 is 9.53 Å². The summed E-state index contributed by atoms with van der Waals surface area (Å²) in [6.45, 7) is 7.99. The van der Waals surface area contributed by atoms with Crippen molar-refractivity contribution in [3.8, 4) is 11.8 Å². The van der Waals surface area contributed by atoms with Crippen LogP contribution in [0.3, 0.4) is 0 Å². The first kappa shape index (κ1) is 24.1. The minimum atomic E-state index is -0.472. The molecule has 0 bridgehead atoms. The van der Waals surface area contributed by atoms with Crippen molar-refractivity contribution in [1.29, 1.82) is 5.26 Å². The minimum absolute atomic E-state index is 0.0175. The Morgan fingerprint density at radius 1 is 1.03 bits per heavy atom. The molecule has 3 aromatic rings. The third kappa shape index (κ3) is 6.03. The van der Waals surface area contributed by atoms with Gasteiger partial charge in [-0.1, -0.05) is 53.1 Å². The van der Waals surface area contributed by atoms with Gasteiger partial charge in [0, 0.05) is 22.7 Å². The van der Waals surface area contributed by atoms with E-state index in [1.807, 2.05) is 38.1 Å². The zero-order valence-electron chi connectivity index (χ0n) is 19.5. The largest absolute Gasteiger partial charge is 0.496 e. The maximum Gasteiger partial charge on any atom is 0.266 e. The van der Waals surface area contributed by atoms with E-state index < -0.39 is 5.91 Å². The molecule has 0 spiro atoms. The van der Waals surface area contributed by atoms with Crippen LogP contribution in [0.2, 0.25) is 5.02 Å². The molecule has 4 nitrogen and oxygen atoms in total. The summed E-state index contributed by atoms with van der Waals surface area (Å²) in [5.74, 6) is 0.140. The number of ether oxygens (including phenoxy) is 1. The van der Waals surface area contributed by atoms with Crippen molar-refractivity contribution in [2.45, 2.75) is 34.1 Å². The lowest BCUT2D eigenvalue weighted by atomic mass is 9.98. The summed E-state index contributed by atoms with van der Waals surface area (Å²) in [6.07, 6.45) is 2.14. The highest BCUT2D eigenvalue weighted by Crippen LogP contribution is 2.32. The number of hydrogen-bond acceptors (Lipinski definition) is 3. The Balaban J connectivity index is 1.91. The molecule has 0 aliphatic rings. The summed E-state index contributed by atoms with van der Waals surface area (Å²) in [4.78, 5) is 12.8. The van der Waals surface area contributed by atoms with E-state index in [4.69, 9.17) is 16.3 Å². The molecule has 168 valence electrons. The first-order valence-corrected chi connectivity index (χ1v) is 11.0. The van der Waals surface area contributed by atoms with E-state index in [0.29, 0.717) is 28.4 Å². The van der Waals surface area contributed by atoms with Crippen LogP contribution in [0.5, 0.6) is 5.75 Å². The standard InChI is InChI=1S/C28H27ClN2O2/c1-17-6-7-20(4)26(11-17)31-28(32)23(16-30)12-22-14-25(29)24(27(15-22)33-5)13-21-9-18(2)8-19(3)10-21/h6-12,14-15H,13H2,1-5H3,(H,31,32)/b23-12+. The van der Waals surface area contributed by atoms with E-state index >= 15 is 0 Å². The smallest absolute Gasteiger partial charge is 0.266 e. The van der Waals surface area contributed by atoms with Crippen molar-refractivity contribution in [1.82, 2.24) is 0 Å². The summed E-state index contributed by atoms with van der Waals surface area (Å²) in [5, 5.41) is 13.0. The molecule has 0 aliphatic carbocycles. The Morgan fingerprint density at radius 2 is 1.73 bits per heavy atom. The number of benzene rings is 3. The number of halogens is 1. The number of amides is 1. The van der Waals surface area contributed by atoms with Gasteiger partial charge < -0.3 is 10.1 Å². The number of carbonyl (C=O) groups excluding carboxylic acids is 1. The van der Waals surface area contributed by atoms with Crippen molar-refractivity contribution in [3.05, 3.63) is 98.1 Å². The van der Waals surface area contributed by atoms with Crippen molar-refractivity contribution in [3.63, 3.8) is 0 Å². The highest BCUT2D eigenvalue weighted by Gasteiger charge is 2.15. The molecule has 0 aromatic heterocycles. The molecule has 0 unspecified atom stereocenters. The second-order valence-corrected chi connectivity index (χ2v) is 8.71. The molecule has 0 saturated carbocycles. The van der Waals surface area contributed by atoms with Crippen LogP contribution in [-0.2, 0) is 11.2 Å². The predicted molar refractivity (Wildman–Crippen MR) is 135 cm³/mol. The number of anilines is 1. The maximum absolute atomic E-state index is 12.8. The quantitative estimate of drug-likeness (QED) is 0.329. The fourth-order valence-corrected chi connectivity index (χ4v) is 4.10. The van der Waals surface area contributed by atoms with Crippen LogP contribution in [0, 0.1) is 39.0 Å². The number of hydrogen-bond donors (Lipinski definition) is 1. The van der Waals surface area contributed by atoms with Gasteiger partial charge in [0.15, 0.2) is 0 Å². The fourth-order valence-electron chi connectivity index (χ4n) is 3.82. The van der Waals surface area contributed by atoms with Gasteiger partial charge in [0.1, 0.15) is 17.4 Å². The van der Waals surface area contributed by atoms with E-state index in [2.05, 4.69) is 37.4 Å². The molecule has 1 N–H and O–H groups in total. The minimum Gasteiger partial charge on any atom is -0.496 e. The average molecular weight is 459 g/mol. The van der Waals surface area contributed by atoms with Crippen molar-refractivity contribution in [2.75, 3.05) is 12.4 Å². The number of nitrogens with one attached hydrogen (secondary N) is 1. The second-order valence-electron chi connectivity index (χ2n) is 8.30. The molecule has 0 radical (unpaired) electrons. The van der Waals surface area contributed by atoms with E-state index in [9.17, 15) is 10.1 Å². The zero-order chi connectivity index (χ0) is 24.1. The second kappa shape index (κ2) is 10.4. The Kier molecular flexibility index (Phi) is 7.58. The predicted octanol–water partition coefficient (Wildman–Crippen LogP) is 6.72. The monoisotopic (exact) mass is 458 g/mol. The first-order chi connectivity index (χ1) is 15.7. The molecule has 0 aliphatic heterocycles. The van der Waals surface area contributed by atoms with Crippen LogP contribution in [0.25, 0.3) is 6.08 Å². The Hall–Kier alpha value is -3.55. The summed E-state index contributed by atoms with van der Waals surface area (Å²) < 4.78 is 5.60. The van der Waals surface area contributed by atoms with Crippen LogP contribution < -0.4 is 10.1 Å². The van der Waals surface area contributed by atoms with E-state index in [1.165, 1.54) is 17.2 Å². The van der Waals surface area contributed by atoms with Gasteiger partial charge in [0.25, 0.3) is 5.91 Å². The summed E-state index contributed by atoms with van der Waals surface area (Å²) in [6, 6.07) is 17.7. The highest BCUT2D eigenvalue weighted by molar-refractivity contribution is 6.31.